The maximum absolute atomic E-state index is 12.9. The topological polar surface area (TPSA) is 90.3 Å². The summed E-state index contributed by atoms with van der Waals surface area (Å²) in [6, 6.07) is 5.60. The van der Waals surface area contributed by atoms with E-state index in [0.717, 1.165) is 12.1 Å². The van der Waals surface area contributed by atoms with E-state index < -0.39 is 35.7 Å². The fourth-order valence-electron chi connectivity index (χ4n) is 2.94. The molecule has 1 amide bonds. The first-order chi connectivity index (χ1) is 15.0. The molecule has 0 radical (unpaired) electrons. The number of pyridine rings is 2. The number of aromatic nitrogens is 2. The lowest BCUT2D eigenvalue weighted by molar-refractivity contribution is -0.137. The lowest BCUT2D eigenvalue weighted by Crippen LogP contribution is -2.25. The number of aryl methyl sites for hydroxylation is 2. The van der Waals surface area contributed by atoms with Gasteiger partial charge >= 0.3 is 12.1 Å². The number of halogens is 4. The van der Waals surface area contributed by atoms with Crippen molar-refractivity contribution in [2.75, 3.05) is 11.9 Å². The zero-order valence-electron chi connectivity index (χ0n) is 16.9. The fourth-order valence-corrected chi connectivity index (χ4v) is 3.10. The van der Waals surface area contributed by atoms with Gasteiger partial charge in [-0.1, -0.05) is 11.6 Å². The molecule has 0 spiro atoms. The number of nitrogens with one attached hydrogen (secondary N) is 1. The van der Waals surface area contributed by atoms with Gasteiger partial charge in [-0.15, -0.1) is 0 Å². The van der Waals surface area contributed by atoms with Gasteiger partial charge in [0.15, 0.2) is 6.61 Å². The Labute approximate surface area is 184 Å². The number of rotatable bonds is 5. The average molecular weight is 468 g/mol. The van der Waals surface area contributed by atoms with Crippen molar-refractivity contribution >= 4 is 40.2 Å². The minimum Gasteiger partial charge on any atom is -0.452 e. The summed E-state index contributed by atoms with van der Waals surface area (Å²) in [5.41, 5.74) is -1.10. The van der Waals surface area contributed by atoms with Gasteiger partial charge in [0, 0.05) is 18.4 Å². The molecule has 0 unspecified atom stereocenters. The summed E-state index contributed by atoms with van der Waals surface area (Å²) in [6.45, 7) is 3.15. The number of benzene rings is 1. The predicted molar refractivity (Wildman–Crippen MR) is 112 cm³/mol. The minimum absolute atomic E-state index is 0.124. The molecule has 0 aliphatic rings. The van der Waals surface area contributed by atoms with Crippen LogP contribution >= 0.6 is 11.6 Å². The highest BCUT2D eigenvalue weighted by molar-refractivity contribution is 6.33. The Morgan fingerprint density at radius 1 is 1.22 bits per heavy atom. The van der Waals surface area contributed by atoms with E-state index in [1.165, 1.54) is 6.20 Å². The first kappa shape index (κ1) is 23.3. The van der Waals surface area contributed by atoms with Crippen LogP contribution in [0.4, 0.5) is 18.9 Å². The summed E-state index contributed by atoms with van der Waals surface area (Å²) in [4.78, 5) is 41.5. The second-order valence-corrected chi connectivity index (χ2v) is 7.21. The van der Waals surface area contributed by atoms with Gasteiger partial charge in [-0.3, -0.25) is 9.59 Å². The Morgan fingerprint density at radius 2 is 1.94 bits per heavy atom. The Hall–Kier alpha value is -3.40. The highest BCUT2D eigenvalue weighted by Crippen LogP contribution is 2.33. The monoisotopic (exact) mass is 467 g/mol. The van der Waals surface area contributed by atoms with Gasteiger partial charge in [-0.05, 0) is 44.2 Å². The van der Waals surface area contributed by atoms with Gasteiger partial charge in [-0.25, -0.2) is 9.78 Å². The summed E-state index contributed by atoms with van der Waals surface area (Å²) < 4.78 is 45.1. The molecule has 3 rings (SSSR count). The molecule has 11 heteroatoms. The van der Waals surface area contributed by atoms with Crippen molar-refractivity contribution in [1.29, 1.82) is 0 Å². The van der Waals surface area contributed by atoms with E-state index in [1.807, 2.05) is 0 Å². The highest BCUT2D eigenvalue weighted by Gasteiger charge is 2.31. The fraction of sp³-hybridized carbons (Fsp3) is 0.238. The van der Waals surface area contributed by atoms with E-state index in [2.05, 4.69) is 10.3 Å². The number of fused-ring (bicyclic) bond motifs is 1. The summed E-state index contributed by atoms with van der Waals surface area (Å²) >= 11 is 5.83. The van der Waals surface area contributed by atoms with Crippen LogP contribution in [0.1, 0.15) is 28.5 Å². The third-order valence-corrected chi connectivity index (χ3v) is 4.85. The molecule has 0 saturated heterocycles. The number of carbonyl (C=O) groups excluding carboxylic acids is 2. The summed E-state index contributed by atoms with van der Waals surface area (Å²) in [6.07, 6.45) is -3.33. The Kier molecular flexibility index (Phi) is 6.54. The molecular weight excluding hydrogens is 451 g/mol. The summed E-state index contributed by atoms with van der Waals surface area (Å²) in [7, 11) is 0. The first-order valence-electron chi connectivity index (χ1n) is 9.35. The van der Waals surface area contributed by atoms with Crippen LogP contribution in [-0.2, 0) is 22.3 Å². The molecule has 2 heterocycles. The number of amides is 1. The van der Waals surface area contributed by atoms with E-state index in [4.69, 9.17) is 16.3 Å². The summed E-state index contributed by atoms with van der Waals surface area (Å²) in [5.74, 6) is -1.97. The van der Waals surface area contributed by atoms with E-state index in [9.17, 15) is 27.6 Å². The number of nitrogens with zero attached hydrogens (tertiary/aromatic N) is 2. The highest BCUT2D eigenvalue weighted by atomic mass is 35.5. The number of hydrogen-bond acceptors (Lipinski definition) is 5. The van der Waals surface area contributed by atoms with E-state index >= 15 is 0 Å². The van der Waals surface area contributed by atoms with Crippen molar-refractivity contribution < 1.29 is 27.5 Å². The maximum Gasteiger partial charge on any atom is 0.416 e. The Bertz CT molecular complexity index is 1270. The quantitative estimate of drug-likeness (QED) is 0.568. The smallest absolute Gasteiger partial charge is 0.416 e. The molecule has 0 saturated carbocycles. The molecule has 1 aromatic carbocycles. The number of anilines is 1. The largest absolute Gasteiger partial charge is 0.452 e. The normalized spacial score (nSPS) is 11.4. The van der Waals surface area contributed by atoms with Gasteiger partial charge in [0.1, 0.15) is 11.2 Å². The van der Waals surface area contributed by atoms with Gasteiger partial charge < -0.3 is 14.6 Å². The van der Waals surface area contributed by atoms with Gasteiger partial charge in [0.05, 0.1) is 21.7 Å². The van der Waals surface area contributed by atoms with Crippen molar-refractivity contribution in [3.8, 4) is 0 Å². The molecule has 0 bridgehead atoms. The third-order valence-electron chi connectivity index (χ3n) is 4.52. The second kappa shape index (κ2) is 8.99. The van der Waals surface area contributed by atoms with E-state index in [0.29, 0.717) is 24.0 Å². The average Bonchev–Trinajstić information content (AvgIpc) is 2.73. The number of hydrogen-bond donors (Lipinski definition) is 1. The van der Waals surface area contributed by atoms with Crippen molar-refractivity contribution in [3.63, 3.8) is 0 Å². The lowest BCUT2D eigenvalue weighted by Gasteiger charge is -2.12. The molecule has 0 aliphatic carbocycles. The third kappa shape index (κ3) is 4.91. The van der Waals surface area contributed by atoms with Crippen LogP contribution in [0.25, 0.3) is 11.0 Å². The zero-order chi connectivity index (χ0) is 23.6. The van der Waals surface area contributed by atoms with Gasteiger partial charge in [-0.2, -0.15) is 13.2 Å². The van der Waals surface area contributed by atoms with Crippen molar-refractivity contribution in [2.45, 2.75) is 26.6 Å². The molecule has 0 fully saturated rings. The number of esters is 1. The van der Waals surface area contributed by atoms with Crippen LogP contribution in [-0.4, -0.2) is 28.0 Å². The van der Waals surface area contributed by atoms with Gasteiger partial charge in [0.25, 0.3) is 5.91 Å². The molecule has 168 valence electrons. The van der Waals surface area contributed by atoms with E-state index in [-0.39, 0.29) is 21.7 Å². The van der Waals surface area contributed by atoms with Crippen LogP contribution in [0, 0.1) is 6.92 Å². The van der Waals surface area contributed by atoms with Crippen LogP contribution in [0.15, 0.2) is 41.3 Å². The van der Waals surface area contributed by atoms with Crippen LogP contribution in [0.3, 0.4) is 0 Å². The lowest BCUT2D eigenvalue weighted by atomic mass is 10.2. The van der Waals surface area contributed by atoms with E-state index in [1.54, 1.807) is 30.5 Å². The Morgan fingerprint density at radius 3 is 2.59 bits per heavy atom. The van der Waals surface area contributed by atoms with Gasteiger partial charge in [0.2, 0.25) is 5.43 Å². The molecule has 1 N–H and O–H groups in total. The standard InChI is InChI=1S/C21H17ClF3N3O4/c1-3-28-9-14(18(30)13-6-4-11(2)26-19(13)28)20(31)32-10-17(29)27-16-8-12(21(23,24)25)5-7-15(16)22/h4-9H,3,10H2,1-2H3,(H,27,29). The van der Waals surface area contributed by atoms with Crippen LogP contribution < -0.4 is 10.7 Å². The zero-order valence-corrected chi connectivity index (χ0v) is 17.7. The van der Waals surface area contributed by atoms with Crippen LogP contribution in [0.2, 0.25) is 5.02 Å². The molecular formula is C21H17ClF3N3O4. The Balaban J connectivity index is 1.77. The number of carbonyl (C=O) groups is 2. The molecule has 0 atom stereocenters. The molecule has 0 aliphatic heterocycles. The maximum atomic E-state index is 12.9. The molecule has 2 aromatic heterocycles. The predicted octanol–water partition coefficient (Wildman–Crippen LogP) is 4.19. The molecule has 32 heavy (non-hydrogen) atoms. The SMILES string of the molecule is CCn1cc(C(=O)OCC(=O)Nc2cc(C(F)(F)F)ccc2Cl)c(=O)c2ccc(C)nc21. The minimum atomic E-state index is -4.63. The number of ether oxygens (including phenoxy) is 1. The molecule has 7 nitrogen and oxygen atoms in total. The van der Waals surface area contributed by atoms with Crippen molar-refractivity contribution in [3.05, 3.63) is 68.6 Å². The van der Waals surface area contributed by atoms with Crippen LogP contribution in [0.5, 0.6) is 0 Å². The number of alkyl halides is 3. The van der Waals surface area contributed by atoms with Crippen molar-refractivity contribution in [2.24, 2.45) is 0 Å². The second-order valence-electron chi connectivity index (χ2n) is 6.80. The summed E-state index contributed by atoms with van der Waals surface area (Å²) in [5, 5.41) is 2.25. The molecule has 3 aromatic rings. The first-order valence-corrected chi connectivity index (χ1v) is 9.73. The van der Waals surface area contributed by atoms with Crippen molar-refractivity contribution in [1.82, 2.24) is 9.55 Å².